The lowest BCUT2D eigenvalue weighted by Crippen LogP contribution is -2.35. The summed E-state index contributed by atoms with van der Waals surface area (Å²) in [6.45, 7) is 2.03. The molecule has 0 aliphatic carbocycles. The molecule has 1 amide bonds. The number of hydrogen-bond donors (Lipinski definition) is 3. The number of aromatic nitrogens is 2. The minimum atomic E-state index is -0.0561. The highest BCUT2D eigenvalue weighted by Crippen LogP contribution is 2.05. The standard InChI is InChI=1S/C10H16N4O/c15-10(9-4-7-12-14-9)13-8-2-1-5-11-6-3-8/h4,7-8,11H,1-3,5-6H2,(H,12,14)(H,13,15). The number of hydrogen-bond acceptors (Lipinski definition) is 3. The molecule has 1 aromatic heterocycles. The van der Waals surface area contributed by atoms with E-state index in [0.29, 0.717) is 5.69 Å². The van der Waals surface area contributed by atoms with Gasteiger partial charge in [-0.3, -0.25) is 9.89 Å². The van der Waals surface area contributed by atoms with Crippen molar-refractivity contribution in [3.8, 4) is 0 Å². The van der Waals surface area contributed by atoms with Gasteiger partial charge in [0.05, 0.1) is 0 Å². The quantitative estimate of drug-likeness (QED) is 0.654. The SMILES string of the molecule is O=C(NC1CCCNCC1)c1ccn[nH]1. The summed E-state index contributed by atoms with van der Waals surface area (Å²) >= 11 is 0. The lowest BCUT2D eigenvalue weighted by Gasteiger charge is -2.14. The number of nitrogens with one attached hydrogen (secondary N) is 3. The second kappa shape index (κ2) is 4.93. The first-order valence-corrected chi connectivity index (χ1v) is 5.37. The number of H-pyrrole nitrogens is 1. The van der Waals surface area contributed by atoms with Gasteiger partial charge in [0.1, 0.15) is 5.69 Å². The highest BCUT2D eigenvalue weighted by Gasteiger charge is 2.15. The molecule has 1 atom stereocenters. The van der Waals surface area contributed by atoms with Gasteiger partial charge in [0, 0.05) is 12.2 Å². The molecule has 1 fully saturated rings. The Morgan fingerprint density at radius 3 is 3.20 bits per heavy atom. The van der Waals surface area contributed by atoms with E-state index in [4.69, 9.17) is 0 Å². The first-order chi connectivity index (χ1) is 7.36. The van der Waals surface area contributed by atoms with Crippen molar-refractivity contribution in [2.45, 2.75) is 25.3 Å². The third-order valence-corrected chi connectivity index (χ3v) is 2.66. The maximum Gasteiger partial charge on any atom is 0.269 e. The van der Waals surface area contributed by atoms with Gasteiger partial charge in [-0.05, 0) is 38.4 Å². The number of nitrogens with zero attached hydrogens (tertiary/aromatic N) is 1. The van der Waals surface area contributed by atoms with E-state index in [1.54, 1.807) is 12.3 Å². The van der Waals surface area contributed by atoms with Crippen molar-refractivity contribution in [3.05, 3.63) is 18.0 Å². The summed E-state index contributed by atoms with van der Waals surface area (Å²) in [5.74, 6) is -0.0561. The van der Waals surface area contributed by atoms with Crippen molar-refractivity contribution in [1.82, 2.24) is 20.8 Å². The van der Waals surface area contributed by atoms with E-state index in [9.17, 15) is 4.79 Å². The molecule has 2 heterocycles. The molecule has 1 aromatic rings. The Kier molecular flexibility index (Phi) is 3.34. The van der Waals surface area contributed by atoms with E-state index in [1.807, 2.05) is 0 Å². The van der Waals surface area contributed by atoms with Crippen LogP contribution in [0.25, 0.3) is 0 Å². The van der Waals surface area contributed by atoms with Gasteiger partial charge in [0.15, 0.2) is 0 Å². The largest absolute Gasteiger partial charge is 0.348 e. The minimum absolute atomic E-state index is 0.0561. The van der Waals surface area contributed by atoms with Crippen LogP contribution in [-0.4, -0.2) is 35.2 Å². The lowest BCUT2D eigenvalue weighted by molar-refractivity contribution is 0.0929. The molecule has 0 aromatic carbocycles. The molecule has 1 unspecified atom stereocenters. The molecule has 3 N–H and O–H groups in total. The van der Waals surface area contributed by atoms with Crippen molar-refractivity contribution >= 4 is 5.91 Å². The number of aromatic amines is 1. The number of carbonyl (C=O) groups is 1. The van der Waals surface area contributed by atoms with Gasteiger partial charge in [0.2, 0.25) is 0 Å². The van der Waals surface area contributed by atoms with Crippen LogP contribution in [0.4, 0.5) is 0 Å². The molecule has 0 saturated carbocycles. The summed E-state index contributed by atoms with van der Waals surface area (Å²) in [6, 6.07) is 1.97. The van der Waals surface area contributed by atoms with Crippen molar-refractivity contribution in [3.63, 3.8) is 0 Å². The predicted molar refractivity (Wildman–Crippen MR) is 56.6 cm³/mol. The van der Waals surface area contributed by atoms with E-state index in [0.717, 1.165) is 32.4 Å². The normalized spacial score (nSPS) is 22.0. The van der Waals surface area contributed by atoms with Gasteiger partial charge in [-0.1, -0.05) is 0 Å². The Morgan fingerprint density at radius 2 is 2.40 bits per heavy atom. The first-order valence-electron chi connectivity index (χ1n) is 5.37. The zero-order valence-electron chi connectivity index (χ0n) is 8.62. The molecular formula is C10H16N4O. The first kappa shape index (κ1) is 10.2. The minimum Gasteiger partial charge on any atom is -0.348 e. The molecule has 1 aliphatic heterocycles. The molecule has 0 radical (unpaired) electrons. The van der Waals surface area contributed by atoms with Crippen LogP contribution in [0.5, 0.6) is 0 Å². The number of amides is 1. The molecule has 0 spiro atoms. The maximum atomic E-state index is 11.7. The van der Waals surface area contributed by atoms with Crippen molar-refractivity contribution < 1.29 is 4.79 Å². The van der Waals surface area contributed by atoms with Crippen LogP contribution in [0.15, 0.2) is 12.3 Å². The predicted octanol–water partition coefficient (Wildman–Crippen LogP) is 0.282. The van der Waals surface area contributed by atoms with Crippen molar-refractivity contribution in [2.75, 3.05) is 13.1 Å². The monoisotopic (exact) mass is 208 g/mol. The Morgan fingerprint density at radius 1 is 1.47 bits per heavy atom. The van der Waals surface area contributed by atoms with Gasteiger partial charge in [-0.2, -0.15) is 5.10 Å². The molecule has 82 valence electrons. The molecule has 1 saturated heterocycles. The summed E-state index contributed by atoms with van der Waals surface area (Å²) < 4.78 is 0. The molecule has 15 heavy (non-hydrogen) atoms. The Balaban J connectivity index is 1.87. The second-order valence-corrected chi connectivity index (χ2v) is 3.82. The van der Waals surface area contributed by atoms with Gasteiger partial charge in [-0.25, -0.2) is 0 Å². The van der Waals surface area contributed by atoms with Crippen LogP contribution in [-0.2, 0) is 0 Å². The van der Waals surface area contributed by atoms with Gasteiger partial charge in [0.25, 0.3) is 5.91 Å². The van der Waals surface area contributed by atoms with Crippen molar-refractivity contribution in [1.29, 1.82) is 0 Å². The van der Waals surface area contributed by atoms with Crippen molar-refractivity contribution in [2.24, 2.45) is 0 Å². The maximum absolute atomic E-state index is 11.7. The Bertz CT molecular complexity index is 301. The average molecular weight is 208 g/mol. The summed E-state index contributed by atoms with van der Waals surface area (Å²) in [7, 11) is 0. The smallest absolute Gasteiger partial charge is 0.269 e. The third-order valence-electron chi connectivity index (χ3n) is 2.66. The van der Waals surface area contributed by atoms with Crippen LogP contribution in [0.2, 0.25) is 0 Å². The summed E-state index contributed by atoms with van der Waals surface area (Å²) in [5.41, 5.74) is 0.534. The molecule has 1 aliphatic rings. The van der Waals surface area contributed by atoms with Crippen LogP contribution in [0.3, 0.4) is 0 Å². The fraction of sp³-hybridized carbons (Fsp3) is 0.600. The average Bonchev–Trinajstić information content (AvgIpc) is 2.65. The van der Waals surface area contributed by atoms with Crippen LogP contribution in [0, 0.1) is 0 Å². The number of carbonyl (C=O) groups excluding carboxylic acids is 1. The topological polar surface area (TPSA) is 69.8 Å². The highest BCUT2D eigenvalue weighted by atomic mass is 16.2. The lowest BCUT2D eigenvalue weighted by atomic mass is 10.1. The Labute approximate surface area is 88.6 Å². The van der Waals surface area contributed by atoms with E-state index >= 15 is 0 Å². The van der Waals surface area contributed by atoms with E-state index in [-0.39, 0.29) is 11.9 Å². The molecule has 0 bridgehead atoms. The Hall–Kier alpha value is -1.36. The zero-order chi connectivity index (χ0) is 10.5. The fourth-order valence-corrected chi connectivity index (χ4v) is 1.81. The second-order valence-electron chi connectivity index (χ2n) is 3.82. The third kappa shape index (κ3) is 2.79. The van der Waals surface area contributed by atoms with Gasteiger partial charge < -0.3 is 10.6 Å². The summed E-state index contributed by atoms with van der Waals surface area (Å²) in [5, 5.41) is 12.7. The zero-order valence-corrected chi connectivity index (χ0v) is 8.62. The van der Waals surface area contributed by atoms with Crippen LogP contribution in [0.1, 0.15) is 29.8 Å². The van der Waals surface area contributed by atoms with Gasteiger partial charge >= 0.3 is 0 Å². The summed E-state index contributed by atoms with van der Waals surface area (Å²) in [4.78, 5) is 11.7. The van der Waals surface area contributed by atoms with E-state index < -0.39 is 0 Å². The summed E-state index contributed by atoms with van der Waals surface area (Å²) in [6.07, 6.45) is 4.75. The van der Waals surface area contributed by atoms with Crippen LogP contribution < -0.4 is 10.6 Å². The molecule has 5 nitrogen and oxygen atoms in total. The van der Waals surface area contributed by atoms with Gasteiger partial charge in [-0.15, -0.1) is 0 Å². The molecule has 5 heteroatoms. The fourth-order valence-electron chi connectivity index (χ4n) is 1.81. The highest BCUT2D eigenvalue weighted by molar-refractivity contribution is 5.92. The van der Waals surface area contributed by atoms with E-state index in [2.05, 4.69) is 20.8 Å². The van der Waals surface area contributed by atoms with Crippen LogP contribution >= 0.6 is 0 Å². The molecule has 2 rings (SSSR count). The van der Waals surface area contributed by atoms with E-state index in [1.165, 1.54) is 0 Å². The molecular weight excluding hydrogens is 192 g/mol. The number of rotatable bonds is 2.